The quantitative estimate of drug-likeness (QED) is 0.896. The molecule has 0 saturated heterocycles. The molecule has 17 heavy (non-hydrogen) atoms. The van der Waals surface area contributed by atoms with E-state index in [0.717, 1.165) is 0 Å². The normalized spacial score (nSPS) is 9.88. The van der Waals surface area contributed by atoms with Gasteiger partial charge >= 0.3 is 5.97 Å². The predicted octanol–water partition coefficient (Wildman–Crippen LogP) is 1.29. The van der Waals surface area contributed by atoms with Crippen LogP contribution < -0.4 is 5.56 Å². The highest BCUT2D eigenvalue weighted by Gasteiger charge is 2.04. The molecule has 5 nitrogen and oxygen atoms in total. The van der Waals surface area contributed by atoms with E-state index in [1.54, 1.807) is 24.3 Å². The molecule has 0 aliphatic carbocycles. The molecule has 0 unspecified atom stereocenters. The van der Waals surface area contributed by atoms with Crippen LogP contribution in [0.2, 0.25) is 0 Å². The van der Waals surface area contributed by atoms with Crippen molar-refractivity contribution < 1.29 is 9.90 Å². The van der Waals surface area contributed by atoms with Gasteiger partial charge in [-0.15, -0.1) is 12.4 Å². The molecule has 6 heteroatoms. The number of rotatable bonds is 3. The number of carbonyl (C=O) groups is 1. The number of nitrogens with zero attached hydrogens (tertiary/aromatic N) is 2. The van der Waals surface area contributed by atoms with Crippen LogP contribution in [-0.2, 0) is 11.3 Å². The summed E-state index contributed by atoms with van der Waals surface area (Å²) in [5.74, 6) is -0.931. The third kappa shape index (κ3) is 2.82. The number of para-hydroxylation sites is 1. The zero-order valence-electron chi connectivity index (χ0n) is 8.87. The summed E-state index contributed by atoms with van der Waals surface area (Å²) in [6.07, 6.45) is 1.30. The van der Waals surface area contributed by atoms with Crippen molar-refractivity contribution in [1.82, 2.24) is 9.55 Å². The molecule has 2 rings (SSSR count). The van der Waals surface area contributed by atoms with E-state index in [2.05, 4.69) is 4.98 Å². The van der Waals surface area contributed by atoms with E-state index < -0.39 is 5.97 Å². The minimum atomic E-state index is -0.931. The van der Waals surface area contributed by atoms with Gasteiger partial charge in [-0.25, -0.2) is 4.98 Å². The molecule has 0 radical (unpaired) electrons. The van der Waals surface area contributed by atoms with Crippen molar-refractivity contribution in [3.8, 4) is 0 Å². The lowest BCUT2D eigenvalue weighted by Gasteiger charge is -2.04. The maximum atomic E-state index is 11.9. The van der Waals surface area contributed by atoms with Gasteiger partial charge < -0.3 is 5.11 Å². The maximum Gasteiger partial charge on any atom is 0.305 e. The fourth-order valence-corrected chi connectivity index (χ4v) is 1.48. The van der Waals surface area contributed by atoms with Gasteiger partial charge in [0.25, 0.3) is 5.56 Å². The second-order valence-electron chi connectivity index (χ2n) is 3.40. The zero-order valence-corrected chi connectivity index (χ0v) is 9.68. The van der Waals surface area contributed by atoms with Crippen LogP contribution in [0.1, 0.15) is 6.42 Å². The van der Waals surface area contributed by atoms with Gasteiger partial charge in [-0.2, -0.15) is 0 Å². The first-order valence-corrected chi connectivity index (χ1v) is 4.84. The van der Waals surface area contributed by atoms with Crippen LogP contribution in [0.25, 0.3) is 10.9 Å². The summed E-state index contributed by atoms with van der Waals surface area (Å²) in [5, 5.41) is 9.05. The fourth-order valence-electron chi connectivity index (χ4n) is 1.48. The van der Waals surface area contributed by atoms with Crippen molar-refractivity contribution >= 4 is 29.3 Å². The maximum absolute atomic E-state index is 11.9. The molecule has 0 spiro atoms. The van der Waals surface area contributed by atoms with E-state index in [9.17, 15) is 9.59 Å². The smallest absolute Gasteiger partial charge is 0.305 e. The summed E-state index contributed by atoms with van der Waals surface area (Å²) in [7, 11) is 0. The lowest BCUT2D eigenvalue weighted by molar-refractivity contribution is -0.137. The molecular weight excluding hydrogens is 244 g/mol. The minimum absolute atomic E-state index is 0. The van der Waals surface area contributed by atoms with Crippen molar-refractivity contribution in [2.45, 2.75) is 13.0 Å². The Hall–Kier alpha value is -1.88. The molecule has 90 valence electrons. The summed E-state index contributed by atoms with van der Waals surface area (Å²) in [6, 6.07) is 6.99. The first-order valence-electron chi connectivity index (χ1n) is 4.84. The standard InChI is InChI=1S/C11H10N2O3.ClH/c14-10(15)5-6-13-7-12-9-4-2-1-3-8(9)11(13)16;/h1-4,7H,5-6H2,(H,14,15);1H. The molecule has 1 heterocycles. The molecule has 0 bridgehead atoms. The van der Waals surface area contributed by atoms with Crippen molar-refractivity contribution in [1.29, 1.82) is 0 Å². The third-order valence-electron chi connectivity index (χ3n) is 2.30. The zero-order chi connectivity index (χ0) is 11.5. The Labute approximate surface area is 103 Å². The predicted molar refractivity (Wildman–Crippen MR) is 65.5 cm³/mol. The van der Waals surface area contributed by atoms with E-state index in [0.29, 0.717) is 10.9 Å². The van der Waals surface area contributed by atoms with Crippen LogP contribution in [0.4, 0.5) is 0 Å². The summed E-state index contributed by atoms with van der Waals surface area (Å²) in [5.41, 5.74) is 0.422. The molecule has 0 aliphatic heterocycles. The monoisotopic (exact) mass is 254 g/mol. The van der Waals surface area contributed by atoms with Crippen molar-refractivity contribution in [3.05, 3.63) is 40.9 Å². The van der Waals surface area contributed by atoms with Crippen LogP contribution in [-0.4, -0.2) is 20.6 Å². The first-order chi connectivity index (χ1) is 7.68. The Bertz CT molecular complexity index is 595. The van der Waals surface area contributed by atoms with Gasteiger partial charge in [0, 0.05) is 6.54 Å². The Kier molecular flexibility index (Phi) is 4.23. The topological polar surface area (TPSA) is 72.2 Å². The number of hydrogen-bond donors (Lipinski definition) is 1. The SMILES string of the molecule is Cl.O=C(O)CCn1cnc2ccccc2c1=O. The highest BCUT2D eigenvalue weighted by Crippen LogP contribution is 2.04. The average molecular weight is 255 g/mol. The third-order valence-corrected chi connectivity index (χ3v) is 2.30. The minimum Gasteiger partial charge on any atom is -0.481 e. The van der Waals surface area contributed by atoms with Crippen LogP contribution in [0.5, 0.6) is 0 Å². The number of halogens is 1. The number of benzene rings is 1. The number of fused-ring (bicyclic) bond motifs is 1. The number of hydrogen-bond acceptors (Lipinski definition) is 3. The number of aliphatic carboxylic acids is 1. The van der Waals surface area contributed by atoms with Crippen molar-refractivity contribution in [2.75, 3.05) is 0 Å². The molecule has 0 saturated carbocycles. The molecule has 0 aliphatic rings. The number of carboxylic acids is 1. The Balaban J connectivity index is 0.00000144. The summed E-state index contributed by atoms with van der Waals surface area (Å²) in [6.45, 7) is 0.145. The first kappa shape index (κ1) is 13.2. The lowest BCUT2D eigenvalue weighted by Crippen LogP contribution is -2.21. The summed E-state index contributed by atoms with van der Waals surface area (Å²) in [4.78, 5) is 26.4. The Morgan fingerprint density at radius 3 is 2.76 bits per heavy atom. The van der Waals surface area contributed by atoms with Gasteiger partial charge in [0.15, 0.2) is 0 Å². The van der Waals surface area contributed by atoms with Gasteiger partial charge in [-0.3, -0.25) is 14.2 Å². The molecular formula is C11H11ClN2O3. The average Bonchev–Trinajstić information content (AvgIpc) is 2.28. The summed E-state index contributed by atoms with van der Waals surface area (Å²) >= 11 is 0. The highest BCUT2D eigenvalue weighted by atomic mass is 35.5. The molecule has 0 fully saturated rings. The van der Waals surface area contributed by atoms with Gasteiger partial charge in [-0.1, -0.05) is 12.1 Å². The second kappa shape index (κ2) is 5.45. The van der Waals surface area contributed by atoms with Crippen LogP contribution in [0, 0.1) is 0 Å². The van der Waals surface area contributed by atoms with E-state index in [4.69, 9.17) is 5.11 Å². The molecule has 0 amide bonds. The van der Waals surface area contributed by atoms with Crippen LogP contribution >= 0.6 is 12.4 Å². The molecule has 1 aromatic carbocycles. The van der Waals surface area contributed by atoms with Crippen molar-refractivity contribution in [3.63, 3.8) is 0 Å². The van der Waals surface area contributed by atoms with E-state index in [-0.39, 0.29) is 30.9 Å². The van der Waals surface area contributed by atoms with Crippen molar-refractivity contribution in [2.24, 2.45) is 0 Å². The lowest BCUT2D eigenvalue weighted by atomic mass is 10.2. The van der Waals surface area contributed by atoms with Crippen LogP contribution in [0.15, 0.2) is 35.4 Å². The fraction of sp³-hybridized carbons (Fsp3) is 0.182. The Morgan fingerprint density at radius 2 is 2.06 bits per heavy atom. The summed E-state index contributed by atoms with van der Waals surface area (Å²) < 4.78 is 1.32. The van der Waals surface area contributed by atoms with E-state index >= 15 is 0 Å². The molecule has 1 aromatic heterocycles. The van der Waals surface area contributed by atoms with E-state index in [1.807, 2.05) is 0 Å². The number of aromatic nitrogens is 2. The van der Waals surface area contributed by atoms with Crippen LogP contribution in [0.3, 0.4) is 0 Å². The van der Waals surface area contributed by atoms with Gasteiger partial charge in [-0.05, 0) is 12.1 Å². The number of aryl methyl sites for hydroxylation is 1. The molecule has 1 N–H and O–H groups in total. The number of carboxylic acid groups (broad SMARTS) is 1. The molecule has 2 aromatic rings. The second-order valence-corrected chi connectivity index (χ2v) is 3.40. The van der Waals surface area contributed by atoms with E-state index in [1.165, 1.54) is 10.9 Å². The van der Waals surface area contributed by atoms with Gasteiger partial charge in [0.1, 0.15) is 0 Å². The molecule has 0 atom stereocenters. The highest BCUT2D eigenvalue weighted by molar-refractivity contribution is 5.85. The van der Waals surface area contributed by atoms with Gasteiger partial charge in [0.05, 0.1) is 23.7 Å². The Morgan fingerprint density at radius 1 is 1.35 bits per heavy atom. The largest absolute Gasteiger partial charge is 0.481 e. The van der Waals surface area contributed by atoms with Gasteiger partial charge in [0.2, 0.25) is 0 Å².